The van der Waals surface area contributed by atoms with Gasteiger partial charge in [0.2, 0.25) is 0 Å². The fraction of sp³-hybridized carbons (Fsp3) is 0.333. The van der Waals surface area contributed by atoms with Crippen LogP contribution >= 0.6 is 11.6 Å². The molecule has 0 bridgehead atoms. The highest BCUT2D eigenvalue weighted by atomic mass is 35.5. The molecule has 2 N–H and O–H groups in total. The van der Waals surface area contributed by atoms with Gasteiger partial charge in [0.15, 0.2) is 5.56 Å². The van der Waals surface area contributed by atoms with Gasteiger partial charge in [-0.25, -0.2) is 4.79 Å². The standard InChI is InChI=1S/C15H16ClNO4/c1-3-4-7-21-15(20)11-13(18)10-9(17-14(11)19)6-5-8(2)12(10)16/h5-6H,3-4,7H2,1-2H3,(H2,17,18,19). The quantitative estimate of drug-likeness (QED) is 0.671. The third-order valence-electron chi connectivity index (χ3n) is 3.22. The third kappa shape index (κ3) is 2.88. The number of fused-ring (bicyclic) bond motifs is 1. The van der Waals surface area contributed by atoms with Crippen LogP contribution in [0.4, 0.5) is 0 Å². The molecule has 0 unspecified atom stereocenters. The molecule has 5 nitrogen and oxygen atoms in total. The summed E-state index contributed by atoms with van der Waals surface area (Å²) in [6, 6.07) is 3.35. The highest BCUT2D eigenvalue weighted by molar-refractivity contribution is 6.37. The zero-order valence-electron chi connectivity index (χ0n) is 11.8. The summed E-state index contributed by atoms with van der Waals surface area (Å²) in [5.41, 5.74) is 0.00236. The van der Waals surface area contributed by atoms with Crippen molar-refractivity contribution in [3.63, 3.8) is 0 Å². The first-order valence-corrected chi connectivity index (χ1v) is 7.06. The van der Waals surface area contributed by atoms with Gasteiger partial charge >= 0.3 is 5.97 Å². The number of ether oxygens (including phenoxy) is 1. The highest BCUT2D eigenvalue weighted by Crippen LogP contribution is 2.33. The third-order valence-corrected chi connectivity index (χ3v) is 3.71. The molecule has 0 aliphatic rings. The van der Waals surface area contributed by atoms with Crippen LogP contribution in [0.1, 0.15) is 35.7 Å². The molecule has 0 fully saturated rings. The van der Waals surface area contributed by atoms with Crippen molar-refractivity contribution >= 4 is 28.5 Å². The summed E-state index contributed by atoms with van der Waals surface area (Å²) in [5, 5.41) is 10.8. The number of benzene rings is 1. The lowest BCUT2D eigenvalue weighted by atomic mass is 10.1. The van der Waals surface area contributed by atoms with Crippen LogP contribution in [0, 0.1) is 6.92 Å². The van der Waals surface area contributed by atoms with E-state index in [0.717, 1.165) is 12.0 Å². The second-order valence-electron chi connectivity index (χ2n) is 4.79. The maximum absolute atomic E-state index is 12.0. The molecule has 112 valence electrons. The van der Waals surface area contributed by atoms with Gasteiger partial charge in [-0.2, -0.15) is 0 Å². The Morgan fingerprint density at radius 1 is 1.43 bits per heavy atom. The molecule has 0 spiro atoms. The molecule has 2 rings (SSSR count). The van der Waals surface area contributed by atoms with Crippen LogP contribution in [-0.4, -0.2) is 22.7 Å². The van der Waals surface area contributed by atoms with Gasteiger partial charge in [-0.1, -0.05) is 31.0 Å². The lowest BCUT2D eigenvalue weighted by molar-refractivity contribution is 0.0494. The zero-order chi connectivity index (χ0) is 15.6. The van der Waals surface area contributed by atoms with Gasteiger partial charge in [0.1, 0.15) is 5.75 Å². The van der Waals surface area contributed by atoms with Crippen molar-refractivity contribution in [2.24, 2.45) is 0 Å². The van der Waals surface area contributed by atoms with Crippen molar-refractivity contribution in [2.45, 2.75) is 26.7 Å². The van der Waals surface area contributed by atoms with E-state index in [1.54, 1.807) is 19.1 Å². The molecular weight excluding hydrogens is 294 g/mol. The topological polar surface area (TPSA) is 79.4 Å². The van der Waals surface area contributed by atoms with Crippen LogP contribution in [0.25, 0.3) is 10.9 Å². The summed E-state index contributed by atoms with van der Waals surface area (Å²) >= 11 is 6.15. The minimum Gasteiger partial charge on any atom is -0.506 e. The lowest BCUT2D eigenvalue weighted by Crippen LogP contribution is -2.20. The number of pyridine rings is 1. The zero-order valence-corrected chi connectivity index (χ0v) is 12.6. The summed E-state index contributed by atoms with van der Waals surface area (Å²) < 4.78 is 4.99. The van der Waals surface area contributed by atoms with Gasteiger partial charge < -0.3 is 14.8 Å². The Kier molecular flexibility index (Phi) is 4.53. The number of hydrogen-bond donors (Lipinski definition) is 2. The average Bonchev–Trinajstić information content (AvgIpc) is 2.43. The number of rotatable bonds is 4. The van der Waals surface area contributed by atoms with Gasteiger partial charge in [-0.05, 0) is 25.0 Å². The summed E-state index contributed by atoms with van der Waals surface area (Å²) in [6.45, 7) is 3.93. The molecule has 1 aromatic heterocycles. The molecule has 0 radical (unpaired) electrons. The predicted molar refractivity (Wildman–Crippen MR) is 81.2 cm³/mol. The van der Waals surface area contributed by atoms with Crippen molar-refractivity contribution in [3.8, 4) is 5.75 Å². The SMILES string of the molecule is CCCCOC(=O)c1c(O)c2c(Cl)c(C)ccc2[nH]c1=O. The van der Waals surface area contributed by atoms with Gasteiger partial charge in [0.05, 0.1) is 22.5 Å². The molecule has 0 atom stereocenters. The lowest BCUT2D eigenvalue weighted by Gasteiger charge is -2.10. The van der Waals surface area contributed by atoms with E-state index in [1.165, 1.54) is 0 Å². The number of carbonyl (C=O) groups is 1. The van der Waals surface area contributed by atoms with Gasteiger partial charge in [0, 0.05) is 0 Å². The number of esters is 1. The molecular formula is C15H16ClNO4. The number of H-pyrrole nitrogens is 1. The first kappa shape index (κ1) is 15.4. The largest absolute Gasteiger partial charge is 0.506 e. The molecule has 0 amide bonds. The van der Waals surface area contributed by atoms with E-state index in [1.807, 2.05) is 6.92 Å². The van der Waals surface area contributed by atoms with E-state index < -0.39 is 22.8 Å². The van der Waals surface area contributed by atoms with E-state index in [4.69, 9.17) is 16.3 Å². The maximum atomic E-state index is 12.0. The first-order chi connectivity index (χ1) is 9.97. The van der Waals surface area contributed by atoms with Gasteiger partial charge in [-0.15, -0.1) is 0 Å². The van der Waals surface area contributed by atoms with Gasteiger partial charge in [-0.3, -0.25) is 4.79 Å². The number of carbonyl (C=O) groups excluding carboxylic acids is 1. The predicted octanol–water partition coefficient (Wildman–Crippen LogP) is 3.15. The molecule has 0 saturated carbocycles. The van der Waals surface area contributed by atoms with E-state index in [0.29, 0.717) is 17.0 Å². The summed E-state index contributed by atoms with van der Waals surface area (Å²) in [6.07, 6.45) is 1.55. The van der Waals surface area contributed by atoms with Crippen molar-refractivity contribution in [1.82, 2.24) is 4.98 Å². The monoisotopic (exact) mass is 309 g/mol. The Hall–Kier alpha value is -2.01. The summed E-state index contributed by atoms with van der Waals surface area (Å²) in [5.74, 6) is -1.29. The molecule has 6 heteroatoms. The molecule has 1 aromatic carbocycles. The second-order valence-corrected chi connectivity index (χ2v) is 5.16. The second kappa shape index (κ2) is 6.18. The fourth-order valence-corrected chi connectivity index (χ4v) is 2.26. The Labute approximate surface area is 126 Å². The molecule has 2 aromatic rings. The van der Waals surface area contributed by atoms with Crippen molar-refractivity contribution in [3.05, 3.63) is 38.6 Å². The minimum absolute atomic E-state index is 0.202. The average molecular weight is 310 g/mol. The number of aromatic amines is 1. The van der Waals surface area contributed by atoms with Crippen LogP contribution in [0.15, 0.2) is 16.9 Å². The van der Waals surface area contributed by atoms with Crippen LogP contribution in [0.2, 0.25) is 5.02 Å². The van der Waals surface area contributed by atoms with E-state index in [9.17, 15) is 14.7 Å². The number of nitrogens with one attached hydrogen (secondary N) is 1. The minimum atomic E-state index is -0.846. The van der Waals surface area contributed by atoms with E-state index >= 15 is 0 Å². The molecule has 0 aliphatic carbocycles. The van der Waals surface area contributed by atoms with E-state index in [2.05, 4.69) is 4.98 Å². The summed E-state index contributed by atoms with van der Waals surface area (Å²) in [4.78, 5) is 26.5. The Bertz CT molecular complexity index is 751. The molecule has 1 heterocycles. The molecule has 21 heavy (non-hydrogen) atoms. The van der Waals surface area contributed by atoms with Crippen LogP contribution in [0.5, 0.6) is 5.75 Å². The van der Waals surface area contributed by atoms with Crippen molar-refractivity contribution < 1.29 is 14.6 Å². The summed E-state index contributed by atoms with van der Waals surface area (Å²) in [7, 11) is 0. The van der Waals surface area contributed by atoms with Crippen LogP contribution in [0.3, 0.4) is 0 Å². The normalized spacial score (nSPS) is 10.8. The molecule has 0 aliphatic heterocycles. The van der Waals surface area contributed by atoms with Crippen molar-refractivity contribution in [1.29, 1.82) is 0 Å². The number of aromatic hydroxyl groups is 1. The Morgan fingerprint density at radius 3 is 2.81 bits per heavy atom. The molecule has 0 saturated heterocycles. The van der Waals surface area contributed by atoms with Crippen molar-refractivity contribution in [2.75, 3.05) is 6.61 Å². The number of halogens is 1. The number of unbranched alkanes of at least 4 members (excludes halogenated alkanes) is 1. The fourth-order valence-electron chi connectivity index (χ4n) is 2.00. The maximum Gasteiger partial charge on any atom is 0.347 e. The first-order valence-electron chi connectivity index (χ1n) is 6.68. The van der Waals surface area contributed by atoms with Gasteiger partial charge in [0.25, 0.3) is 5.56 Å². The smallest absolute Gasteiger partial charge is 0.347 e. The number of aromatic nitrogens is 1. The number of hydrogen-bond acceptors (Lipinski definition) is 4. The highest BCUT2D eigenvalue weighted by Gasteiger charge is 2.22. The van der Waals surface area contributed by atoms with Crippen LogP contribution in [-0.2, 0) is 4.74 Å². The number of aryl methyl sites for hydroxylation is 1. The van der Waals surface area contributed by atoms with E-state index in [-0.39, 0.29) is 12.0 Å². The van der Waals surface area contributed by atoms with Crippen LogP contribution < -0.4 is 5.56 Å². The Balaban J connectivity index is 2.57. The Morgan fingerprint density at radius 2 is 2.14 bits per heavy atom.